The Balaban J connectivity index is 2.35. The van der Waals surface area contributed by atoms with E-state index in [1.807, 2.05) is 6.92 Å². The van der Waals surface area contributed by atoms with Gasteiger partial charge in [0, 0.05) is 24.4 Å². The third kappa shape index (κ3) is 2.41. The Hall–Kier alpha value is -1.75. The second kappa shape index (κ2) is 5.27. The molecule has 0 amide bonds. The van der Waals surface area contributed by atoms with Gasteiger partial charge in [-0.1, -0.05) is 13.0 Å². The minimum absolute atomic E-state index is 0.272. The van der Waals surface area contributed by atoms with Gasteiger partial charge in [-0.3, -0.25) is 4.68 Å². The lowest BCUT2D eigenvalue weighted by Crippen LogP contribution is -2.18. The number of aromatic nitrogens is 2. The lowest BCUT2D eigenvalue weighted by atomic mass is 10.0. The van der Waals surface area contributed by atoms with Crippen molar-refractivity contribution in [1.82, 2.24) is 9.78 Å². The van der Waals surface area contributed by atoms with Crippen LogP contribution in [0.15, 0.2) is 30.5 Å². The van der Waals surface area contributed by atoms with E-state index in [1.165, 1.54) is 12.1 Å². The van der Waals surface area contributed by atoms with E-state index in [9.17, 15) is 8.78 Å². The van der Waals surface area contributed by atoms with E-state index in [-0.39, 0.29) is 5.56 Å². The maximum atomic E-state index is 13.7. The van der Waals surface area contributed by atoms with Crippen LogP contribution in [0.4, 0.5) is 8.78 Å². The number of hydrogen-bond acceptors (Lipinski definition) is 2. The van der Waals surface area contributed by atoms with Crippen molar-refractivity contribution < 1.29 is 8.78 Å². The van der Waals surface area contributed by atoms with Crippen LogP contribution in [0.2, 0.25) is 0 Å². The number of hydrogen-bond donors (Lipinski definition) is 1. The average molecular weight is 251 g/mol. The summed E-state index contributed by atoms with van der Waals surface area (Å²) in [5, 5.41) is 4.14. The minimum Gasteiger partial charge on any atom is -0.319 e. The van der Waals surface area contributed by atoms with Crippen LogP contribution >= 0.6 is 0 Å². The van der Waals surface area contributed by atoms with Crippen molar-refractivity contribution in [3.63, 3.8) is 0 Å². The Bertz CT molecular complexity index is 537. The molecule has 0 aliphatic carbocycles. The number of nitrogens with zero attached hydrogens (tertiary/aromatic N) is 2. The maximum Gasteiger partial charge on any atom is 0.131 e. The fourth-order valence-electron chi connectivity index (χ4n) is 1.92. The van der Waals surface area contributed by atoms with Gasteiger partial charge in [0.15, 0.2) is 0 Å². The van der Waals surface area contributed by atoms with Crippen molar-refractivity contribution in [2.24, 2.45) is 5.73 Å². The quantitative estimate of drug-likeness (QED) is 0.907. The van der Waals surface area contributed by atoms with Crippen LogP contribution in [-0.4, -0.2) is 9.78 Å². The first-order chi connectivity index (χ1) is 8.63. The number of halogens is 2. The largest absolute Gasteiger partial charge is 0.319 e. The third-order valence-corrected chi connectivity index (χ3v) is 2.80. The molecule has 0 saturated heterocycles. The third-order valence-electron chi connectivity index (χ3n) is 2.80. The lowest BCUT2D eigenvalue weighted by Gasteiger charge is -2.15. The number of aryl methyl sites for hydroxylation is 1. The summed E-state index contributed by atoms with van der Waals surface area (Å²) in [4.78, 5) is 0. The first kappa shape index (κ1) is 12.7. The zero-order valence-electron chi connectivity index (χ0n) is 10.1. The molecule has 2 rings (SSSR count). The van der Waals surface area contributed by atoms with Crippen molar-refractivity contribution in [2.45, 2.75) is 25.9 Å². The van der Waals surface area contributed by atoms with Crippen molar-refractivity contribution in [2.75, 3.05) is 0 Å². The Labute approximate surface area is 104 Å². The monoisotopic (exact) mass is 251 g/mol. The molecule has 1 aromatic heterocycles. The highest BCUT2D eigenvalue weighted by molar-refractivity contribution is 5.28. The Morgan fingerprint density at radius 3 is 2.78 bits per heavy atom. The second-order valence-corrected chi connectivity index (χ2v) is 4.12. The van der Waals surface area contributed by atoms with E-state index >= 15 is 0 Å². The molecule has 2 N–H and O–H groups in total. The minimum atomic E-state index is -0.639. The van der Waals surface area contributed by atoms with Gasteiger partial charge in [-0.15, -0.1) is 0 Å². The molecule has 1 atom stereocenters. The van der Waals surface area contributed by atoms with Crippen molar-refractivity contribution in [3.05, 3.63) is 53.4 Å². The predicted molar refractivity (Wildman–Crippen MR) is 64.9 cm³/mol. The summed E-state index contributed by atoms with van der Waals surface area (Å²) in [6, 6.07) is 4.54. The van der Waals surface area contributed by atoms with Crippen molar-refractivity contribution in [3.8, 4) is 0 Å². The van der Waals surface area contributed by atoms with Gasteiger partial charge < -0.3 is 5.73 Å². The number of rotatable bonds is 4. The van der Waals surface area contributed by atoms with Crippen LogP contribution < -0.4 is 5.73 Å². The molecule has 18 heavy (non-hydrogen) atoms. The summed E-state index contributed by atoms with van der Waals surface area (Å²) in [5.74, 6) is -1.24. The molecular weight excluding hydrogens is 236 g/mol. The molecule has 0 aliphatic heterocycles. The molecule has 0 aliphatic rings. The summed E-state index contributed by atoms with van der Waals surface area (Å²) in [7, 11) is 0. The summed E-state index contributed by atoms with van der Waals surface area (Å²) >= 11 is 0. The summed E-state index contributed by atoms with van der Waals surface area (Å²) in [6.45, 7) is 2.74. The van der Waals surface area contributed by atoms with Crippen LogP contribution in [-0.2, 0) is 6.54 Å². The molecule has 0 radical (unpaired) electrons. The molecule has 2 aromatic rings. The first-order valence-electron chi connectivity index (χ1n) is 5.85. The van der Waals surface area contributed by atoms with E-state index in [0.717, 1.165) is 24.7 Å². The van der Waals surface area contributed by atoms with E-state index in [4.69, 9.17) is 5.73 Å². The summed E-state index contributed by atoms with van der Waals surface area (Å²) < 4.78 is 28.3. The van der Waals surface area contributed by atoms with Crippen LogP contribution in [0.25, 0.3) is 0 Å². The van der Waals surface area contributed by atoms with E-state index in [2.05, 4.69) is 5.10 Å². The first-order valence-corrected chi connectivity index (χ1v) is 5.85. The molecule has 3 nitrogen and oxygen atoms in total. The van der Waals surface area contributed by atoms with E-state index < -0.39 is 17.7 Å². The maximum absolute atomic E-state index is 13.7. The molecule has 0 fully saturated rings. The van der Waals surface area contributed by atoms with Crippen LogP contribution in [0, 0.1) is 11.6 Å². The summed E-state index contributed by atoms with van der Waals surface area (Å²) in [6.07, 6.45) is 2.54. The Morgan fingerprint density at radius 2 is 2.11 bits per heavy atom. The van der Waals surface area contributed by atoms with E-state index in [1.54, 1.807) is 16.9 Å². The van der Waals surface area contributed by atoms with Gasteiger partial charge in [0.05, 0.1) is 11.7 Å². The molecule has 0 spiro atoms. The van der Waals surface area contributed by atoms with Crippen molar-refractivity contribution >= 4 is 0 Å². The SMILES string of the molecule is CCCn1nccc1C(N)c1ccc(F)cc1F. The van der Waals surface area contributed by atoms with Gasteiger partial charge in [-0.2, -0.15) is 5.10 Å². The van der Waals surface area contributed by atoms with Gasteiger partial charge in [-0.05, 0) is 18.6 Å². The van der Waals surface area contributed by atoms with Crippen LogP contribution in [0.1, 0.15) is 30.6 Å². The fourth-order valence-corrected chi connectivity index (χ4v) is 1.92. The Kier molecular flexibility index (Phi) is 3.72. The van der Waals surface area contributed by atoms with E-state index in [0.29, 0.717) is 0 Å². The predicted octanol–water partition coefficient (Wildman–Crippen LogP) is 2.62. The van der Waals surface area contributed by atoms with Gasteiger partial charge in [-0.25, -0.2) is 8.78 Å². The fraction of sp³-hybridized carbons (Fsp3) is 0.308. The molecule has 1 heterocycles. The molecule has 1 aromatic carbocycles. The topological polar surface area (TPSA) is 43.8 Å². The average Bonchev–Trinajstić information content (AvgIpc) is 2.77. The zero-order valence-corrected chi connectivity index (χ0v) is 10.1. The molecule has 0 bridgehead atoms. The lowest BCUT2D eigenvalue weighted by molar-refractivity contribution is 0.537. The zero-order chi connectivity index (χ0) is 13.1. The Morgan fingerprint density at radius 1 is 1.33 bits per heavy atom. The van der Waals surface area contributed by atoms with Crippen LogP contribution in [0.5, 0.6) is 0 Å². The number of nitrogens with two attached hydrogens (primary N) is 1. The summed E-state index contributed by atoms with van der Waals surface area (Å²) in [5.41, 5.74) is 7.02. The molecule has 5 heteroatoms. The normalized spacial score (nSPS) is 12.7. The molecule has 1 unspecified atom stereocenters. The van der Waals surface area contributed by atoms with Gasteiger partial charge >= 0.3 is 0 Å². The highest BCUT2D eigenvalue weighted by Crippen LogP contribution is 2.22. The van der Waals surface area contributed by atoms with Gasteiger partial charge in [0.2, 0.25) is 0 Å². The standard InChI is InChI=1S/C13H15F2N3/c1-2-7-18-12(5-6-17-18)13(16)10-4-3-9(14)8-11(10)15/h3-6,8,13H,2,7,16H2,1H3. The molecular formula is C13H15F2N3. The van der Waals surface area contributed by atoms with Crippen molar-refractivity contribution in [1.29, 1.82) is 0 Å². The molecule has 96 valence electrons. The van der Waals surface area contributed by atoms with Crippen LogP contribution in [0.3, 0.4) is 0 Å². The highest BCUT2D eigenvalue weighted by Gasteiger charge is 2.17. The molecule has 0 saturated carbocycles. The highest BCUT2D eigenvalue weighted by atomic mass is 19.1. The number of benzene rings is 1. The van der Waals surface area contributed by atoms with Gasteiger partial charge in [0.25, 0.3) is 0 Å². The second-order valence-electron chi connectivity index (χ2n) is 4.12. The smallest absolute Gasteiger partial charge is 0.131 e. The van der Waals surface area contributed by atoms with Gasteiger partial charge in [0.1, 0.15) is 11.6 Å².